The third-order valence-electron chi connectivity index (χ3n) is 9.48. The molecule has 24 nitrogen and oxygen atoms in total. The van der Waals surface area contributed by atoms with Gasteiger partial charge < -0.3 is 93.0 Å². The van der Waals surface area contributed by atoms with Crippen molar-refractivity contribution < 1.29 is 77.9 Å². The summed E-state index contributed by atoms with van der Waals surface area (Å²) >= 11 is 0. The predicted molar refractivity (Wildman–Crippen MR) is 170 cm³/mol. The van der Waals surface area contributed by atoms with E-state index in [2.05, 4.69) is 4.98 Å². The standard InChI is InChI=1S/C27H48N7O17P/c28-5-11-24(51-52(43,44)45-7-13-10(36)4-15(46-13)34-2-1-14(31)33-27(34)42)19(39)20(40)26(47-11)50-23-9(30)3-8(29)22(21(23)41)49-25-18(38)16(32)17(37)12(6-35)48-25/h1-2,8-13,15-26,35-41H,3-7,28-30,32H2,(H,43,44)(H2,31,33,42)/t8-,9+,10+,11-,12-,13-,15-,16+,17-,18-,19-,20-,21-,22+,23-,24-,25-,26-/m1/s1. The molecule has 4 heterocycles. The molecule has 1 aromatic heterocycles. The van der Waals surface area contributed by atoms with E-state index in [1.807, 2.05) is 0 Å². The van der Waals surface area contributed by atoms with E-state index in [-0.39, 0.29) is 18.7 Å². The first-order valence-corrected chi connectivity index (χ1v) is 17.9. The molecule has 0 bridgehead atoms. The zero-order valence-corrected chi connectivity index (χ0v) is 28.5. The molecule has 0 spiro atoms. The lowest BCUT2D eigenvalue weighted by Gasteiger charge is -2.48. The average Bonchev–Trinajstić information content (AvgIpc) is 3.46. The number of phosphoric acid groups is 1. The molecule has 19 atom stereocenters. The topological polar surface area (TPSA) is 409 Å². The van der Waals surface area contributed by atoms with Gasteiger partial charge in [0.25, 0.3) is 0 Å². The van der Waals surface area contributed by atoms with Crippen LogP contribution in [0.2, 0.25) is 0 Å². The molecule has 4 aliphatic rings. The number of hydrogen-bond acceptors (Lipinski definition) is 22. The van der Waals surface area contributed by atoms with Crippen molar-refractivity contribution in [3.05, 3.63) is 22.7 Å². The molecule has 3 saturated heterocycles. The maximum absolute atomic E-state index is 13.0. The molecule has 1 saturated carbocycles. The van der Waals surface area contributed by atoms with Gasteiger partial charge in [0.15, 0.2) is 12.6 Å². The lowest BCUT2D eigenvalue weighted by molar-refractivity contribution is -0.331. The molecular formula is C27H48N7O17P. The van der Waals surface area contributed by atoms with E-state index in [1.54, 1.807) is 0 Å². The Bertz CT molecular complexity index is 1450. The normalized spacial score (nSPS) is 45.5. The Morgan fingerprint density at radius 2 is 1.46 bits per heavy atom. The molecule has 18 N–H and O–H groups in total. The van der Waals surface area contributed by atoms with Gasteiger partial charge in [-0.25, -0.2) is 9.36 Å². The maximum Gasteiger partial charge on any atom is 0.472 e. The molecule has 25 heteroatoms. The first-order chi connectivity index (χ1) is 24.5. The number of aromatic nitrogens is 2. The van der Waals surface area contributed by atoms with Crippen molar-refractivity contribution in [2.75, 3.05) is 25.5 Å². The number of ether oxygens (including phenoxy) is 5. The number of hydrogen-bond donors (Lipinski definition) is 13. The summed E-state index contributed by atoms with van der Waals surface area (Å²) in [5.74, 6) is -0.0253. The van der Waals surface area contributed by atoms with E-state index in [4.69, 9.17) is 61.4 Å². The Hall–Kier alpha value is -1.85. The zero-order valence-electron chi connectivity index (χ0n) is 27.6. The summed E-state index contributed by atoms with van der Waals surface area (Å²) in [6.07, 6.45) is -21.3. The summed E-state index contributed by atoms with van der Waals surface area (Å²) in [7, 11) is -5.09. The van der Waals surface area contributed by atoms with Crippen molar-refractivity contribution in [2.24, 2.45) is 22.9 Å². The molecule has 1 aromatic rings. The van der Waals surface area contributed by atoms with Crippen LogP contribution in [0.15, 0.2) is 17.1 Å². The fourth-order valence-electron chi connectivity index (χ4n) is 6.55. The van der Waals surface area contributed by atoms with Crippen LogP contribution >= 0.6 is 7.82 Å². The van der Waals surface area contributed by atoms with E-state index in [0.29, 0.717) is 0 Å². The highest BCUT2D eigenvalue weighted by Gasteiger charge is 2.53. The monoisotopic (exact) mass is 773 g/mol. The smallest absolute Gasteiger partial charge is 0.394 e. The van der Waals surface area contributed by atoms with Crippen molar-refractivity contribution in [3.8, 4) is 0 Å². The Labute approximate surface area is 295 Å². The summed E-state index contributed by atoms with van der Waals surface area (Å²) in [4.78, 5) is 26.2. The fourth-order valence-corrected chi connectivity index (χ4v) is 7.51. The number of phosphoric ester groups is 1. The summed E-state index contributed by atoms with van der Waals surface area (Å²) in [6, 6.07) is -1.89. The second-order valence-corrected chi connectivity index (χ2v) is 14.5. The number of anilines is 1. The number of nitrogens with zero attached hydrogens (tertiary/aromatic N) is 2. The van der Waals surface area contributed by atoms with Crippen LogP contribution in [0.4, 0.5) is 5.82 Å². The van der Waals surface area contributed by atoms with Crippen molar-refractivity contribution >= 4 is 13.6 Å². The Morgan fingerprint density at radius 3 is 2.06 bits per heavy atom. The van der Waals surface area contributed by atoms with Gasteiger partial charge in [-0.1, -0.05) is 0 Å². The average molecular weight is 774 g/mol. The molecule has 52 heavy (non-hydrogen) atoms. The van der Waals surface area contributed by atoms with Gasteiger partial charge in [-0.2, -0.15) is 4.98 Å². The minimum atomic E-state index is -5.09. The van der Waals surface area contributed by atoms with Crippen LogP contribution in [0.5, 0.6) is 0 Å². The second-order valence-electron chi connectivity index (χ2n) is 13.1. The number of aliphatic hydroxyl groups excluding tert-OH is 7. The minimum Gasteiger partial charge on any atom is -0.394 e. The van der Waals surface area contributed by atoms with Crippen molar-refractivity contribution in [2.45, 2.75) is 123 Å². The number of rotatable bonds is 12. The Kier molecular flexibility index (Phi) is 13.4. The molecule has 0 aromatic carbocycles. The van der Waals surface area contributed by atoms with E-state index >= 15 is 0 Å². The molecule has 4 fully saturated rings. The maximum atomic E-state index is 13.0. The summed E-state index contributed by atoms with van der Waals surface area (Å²) < 4.78 is 52.5. The minimum absolute atomic E-state index is 0.0253. The molecule has 0 radical (unpaired) electrons. The van der Waals surface area contributed by atoms with Crippen LogP contribution in [0.1, 0.15) is 19.1 Å². The SMILES string of the molecule is NC[C@H]1O[C@H](O[C@H]2[C@H](O)[C@@H](O[C@H]3O[C@H](CO)[C@@H](O)[C@H](N)[C@H]3O)[C@H](N)C[C@@H]2N)[C@H](O)[C@@H](O)[C@@H]1OP(=O)(O)OC[C@H]1O[C@@H](n2ccc(N)nc2=O)C[C@@H]1O. The van der Waals surface area contributed by atoms with Crippen LogP contribution < -0.4 is 34.4 Å². The van der Waals surface area contributed by atoms with Gasteiger partial charge in [0.1, 0.15) is 79.2 Å². The van der Waals surface area contributed by atoms with Crippen molar-refractivity contribution in [1.82, 2.24) is 9.55 Å². The fraction of sp³-hybridized carbons (Fsp3) is 0.852. The van der Waals surface area contributed by atoms with Crippen molar-refractivity contribution in [1.29, 1.82) is 0 Å². The van der Waals surface area contributed by atoms with Gasteiger partial charge in [-0.15, -0.1) is 0 Å². The van der Waals surface area contributed by atoms with Crippen LogP contribution in [0, 0.1) is 0 Å². The lowest BCUT2D eigenvalue weighted by Crippen LogP contribution is -2.68. The van der Waals surface area contributed by atoms with Gasteiger partial charge in [-0.3, -0.25) is 13.6 Å². The third kappa shape index (κ3) is 8.82. The highest BCUT2D eigenvalue weighted by atomic mass is 31.2. The molecule has 298 valence electrons. The molecule has 1 aliphatic carbocycles. The van der Waals surface area contributed by atoms with Gasteiger partial charge in [0.05, 0.1) is 25.4 Å². The van der Waals surface area contributed by atoms with Crippen LogP contribution in [0.25, 0.3) is 0 Å². The second kappa shape index (κ2) is 16.9. The molecule has 1 unspecified atom stereocenters. The number of nitrogens with two attached hydrogens (primary N) is 5. The molecule has 0 amide bonds. The molecule has 5 rings (SSSR count). The summed E-state index contributed by atoms with van der Waals surface area (Å²) in [6.45, 7) is -1.81. The quantitative estimate of drug-likeness (QED) is 0.0877. The molecule has 3 aliphatic heterocycles. The van der Waals surface area contributed by atoms with Gasteiger partial charge in [0, 0.05) is 31.2 Å². The van der Waals surface area contributed by atoms with E-state index in [9.17, 15) is 50.0 Å². The Balaban J connectivity index is 1.19. The largest absolute Gasteiger partial charge is 0.472 e. The number of nitrogen functional groups attached to an aromatic ring is 1. The van der Waals surface area contributed by atoms with Gasteiger partial charge >= 0.3 is 13.5 Å². The van der Waals surface area contributed by atoms with E-state index in [0.717, 1.165) is 4.57 Å². The van der Waals surface area contributed by atoms with Crippen molar-refractivity contribution in [3.63, 3.8) is 0 Å². The molecular weight excluding hydrogens is 725 g/mol. The van der Waals surface area contributed by atoms with E-state index < -0.39 is 143 Å². The summed E-state index contributed by atoms with van der Waals surface area (Å²) in [5.41, 5.74) is 28.8. The zero-order chi connectivity index (χ0) is 38.2. The highest BCUT2D eigenvalue weighted by Crippen LogP contribution is 2.48. The highest BCUT2D eigenvalue weighted by molar-refractivity contribution is 7.47. The summed E-state index contributed by atoms with van der Waals surface area (Å²) in [5, 5.41) is 73.8. The van der Waals surface area contributed by atoms with E-state index in [1.165, 1.54) is 12.3 Å². The predicted octanol–water partition coefficient (Wildman–Crippen LogP) is -7.66. The first kappa shape index (κ1) is 41.3. The van der Waals surface area contributed by atoms with Crippen LogP contribution in [-0.2, 0) is 37.3 Å². The van der Waals surface area contributed by atoms with Gasteiger partial charge in [-0.05, 0) is 12.5 Å². The Morgan fingerprint density at radius 1 is 0.846 bits per heavy atom. The number of aliphatic hydroxyl groups is 7. The first-order valence-electron chi connectivity index (χ1n) is 16.4. The van der Waals surface area contributed by atoms with Crippen LogP contribution in [-0.4, -0.2) is 174 Å². The van der Waals surface area contributed by atoms with Crippen LogP contribution in [0.3, 0.4) is 0 Å². The third-order valence-corrected chi connectivity index (χ3v) is 10.5. The van der Waals surface area contributed by atoms with Gasteiger partial charge in [0.2, 0.25) is 0 Å². The lowest BCUT2D eigenvalue weighted by atomic mass is 9.84.